The van der Waals surface area contributed by atoms with Crippen molar-refractivity contribution in [1.29, 1.82) is 0 Å². The Morgan fingerprint density at radius 3 is 2.56 bits per heavy atom. The fraction of sp³-hybridized carbons (Fsp3) is 0.462. The standard InChI is InChI=1S/C13H20N2O3/c1-9(14)8-15-13(16)7-10-4-5-11(17-2)12(6-10)18-3/h4-6,9H,7-8,14H2,1-3H3,(H,15,16). The molecule has 0 heterocycles. The summed E-state index contributed by atoms with van der Waals surface area (Å²) in [6.07, 6.45) is 0.299. The molecule has 1 rings (SSSR count). The van der Waals surface area contributed by atoms with Crippen molar-refractivity contribution in [2.45, 2.75) is 19.4 Å². The van der Waals surface area contributed by atoms with Gasteiger partial charge in [0.15, 0.2) is 11.5 Å². The van der Waals surface area contributed by atoms with Crippen LogP contribution in [-0.2, 0) is 11.2 Å². The Hall–Kier alpha value is -1.75. The molecule has 0 spiro atoms. The van der Waals surface area contributed by atoms with Crippen molar-refractivity contribution >= 4 is 5.91 Å². The third kappa shape index (κ3) is 4.25. The third-order valence-electron chi connectivity index (χ3n) is 2.43. The van der Waals surface area contributed by atoms with Gasteiger partial charge >= 0.3 is 0 Å². The average molecular weight is 252 g/mol. The monoisotopic (exact) mass is 252 g/mol. The first-order valence-corrected chi connectivity index (χ1v) is 5.80. The number of rotatable bonds is 6. The van der Waals surface area contributed by atoms with Crippen LogP contribution in [0.25, 0.3) is 0 Å². The summed E-state index contributed by atoms with van der Waals surface area (Å²) in [5.74, 6) is 1.21. The van der Waals surface area contributed by atoms with E-state index >= 15 is 0 Å². The number of nitrogens with two attached hydrogens (primary N) is 1. The van der Waals surface area contributed by atoms with E-state index in [1.807, 2.05) is 13.0 Å². The normalized spacial score (nSPS) is 11.8. The van der Waals surface area contributed by atoms with Gasteiger partial charge < -0.3 is 20.5 Å². The molecule has 0 saturated heterocycles. The second-order valence-electron chi connectivity index (χ2n) is 4.15. The lowest BCUT2D eigenvalue weighted by molar-refractivity contribution is -0.120. The minimum absolute atomic E-state index is 0.0423. The van der Waals surface area contributed by atoms with Crippen molar-refractivity contribution in [2.75, 3.05) is 20.8 Å². The first-order chi connectivity index (χ1) is 8.56. The van der Waals surface area contributed by atoms with Crippen LogP contribution in [0.5, 0.6) is 11.5 Å². The van der Waals surface area contributed by atoms with E-state index in [0.717, 1.165) is 5.56 Å². The summed E-state index contributed by atoms with van der Waals surface area (Å²) >= 11 is 0. The molecule has 0 aliphatic heterocycles. The molecule has 1 unspecified atom stereocenters. The Bertz CT molecular complexity index is 405. The predicted octanol–water partition coefficient (Wildman–Crippen LogP) is 0.710. The van der Waals surface area contributed by atoms with E-state index in [1.165, 1.54) is 0 Å². The summed E-state index contributed by atoms with van der Waals surface area (Å²) in [5.41, 5.74) is 6.44. The maximum Gasteiger partial charge on any atom is 0.224 e. The van der Waals surface area contributed by atoms with E-state index in [0.29, 0.717) is 24.5 Å². The number of carbonyl (C=O) groups excluding carboxylic acids is 1. The summed E-state index contributed by atoms with van der Waals surface area (Å²) in [7, 11) is 3.14. The molecular formula is C13H20N2O3. The van der Waals surface area contributed by atoms with E-state index in [9.17, 15) is 4.79 Å². The number of hydrogen-bond acceptors (Lipinski definition) is 4. The van der Waals surface area contributed by atoms with E-state index in [-0.39, 0.29) is 11.9 Å². The Labute approximate surface area is 107 Å². The highest BCUT2D eigenvalue weighted by Gasteiger charge is 2.08. The van der Waals surface area contributed by atoms with Crippen LogP contribution in [0.2, 0.25) is 0 Å². The first-order valence-electron chi connectivity index (χ1n) is 5.80. The molecule has 3 N–H and O–H groups in total. The first kappa shape index (κ1) is 14.3. The van der Waals surface area contributed by atoms with Crippen LogP contribution < -0.4 is 20.5 Å². The molecule has 0 bridgehead atoms. The second kappa shape index (κ2) is 6.86. The molecule has 0 saturated carbocycles. The van der Waals surface area contributed by atoms with Crippen LogP contribution >= 0.6 is 0 Å². The van der Waals surface area contributed by atoms with Crippen LogP contribution in [0.3, 0.4) is 0 Å². The number of carbonyl (C=O) groups is 1. The zero-order valence-electron chi connectivity index (χ0n) is 11.0. The van der Waals surface area contributed by atoms with Gasteiger partial charge in [-0.05, 0) is 24.6 Å². The van der Waals surface area contributed by atoms with Crippen molar-refractivity contribution in [2.24, 2.45) is 5.73 Å². The average Bonchev–Trinajstić information content (AvgIpc) is 2.36. The largest absolute Gasteiger partial charge is 0.493 e. The molecular weight excluding hydrogens is 232 g/mol. The highest BCUT2D eigenvalue weighted by molar-refractivity contribution is 5.78. The van der Waals surface area contributed by atoms with Gasteiger partial charge in [0.1, 0.15) is 0 Å². The highest BCUT2D eigenvalue weighted by atomic mass is 16.5. The van der Waals surface area contributed by atoms with Crippen molar-refractivity contribution in [1.82, 2.24) is 5.32 Å². The van der Waals surface area contributed by atoms with E-state index < -0.39 is 0 Å². The van der Waals surface area contributed by atoms with Crippen LogP contribution in [0.4, 0.5) is 0 Å². The van der Waals surface area contributed by atoms with E-state index in [1.54, 1.807) is 26.4 Å². The number of methoxy groups -OCH3 is 2. The van der Waals surface area contributed by atoms with Crippen molar-refractivity contribution in [3.05, 3.63) is 23.8 Å². The number of nitrogens with one attached hydrogen (secondary N) is 1. The maximum absolute atomic E-state index is 11.6. The molecule has 5 heteroatoms. The fourth-order valence-electron chi connectivity index (χ4n) is 1.51. The number of amides is 1. The van der Waals surface area contributed by atoms with Gasteiger partial charge in [-0.3, -0.25) is 4.79 Å². The lowest BCUT2D eigenvalue weighted by atomic mass is 10.1. The molecule has 1 aromatic carbocycles. The van der Waals surface area contributed by atoms with Crippen LogP contribution in [0.15, 0.2) is 18.2 Å². The van der Waals surface area contributed by atoms with Gasteiger partial charge in [0.2, 0.25) is 5.91 Å². The van der Waals surface area contributed by atoms with E-state index in [4.69, 9.17) is 15.2 Å². The van der Waals surface area contributed by atoms with Gasteiger partial charge in [-0.1, -0.05) is 6.07 Å². The molecule has 0 fully saturated rings. The highest BCUT2D eigenvalue weighted by Crippen LogP contribution is 2.27. The van der Waals surface area contributed by atoms with Crippen LogP contribution in [-0.4, -0.2) is 32.7 Å². The molecule has 0 aliphatic carbocycles. The molecule has 100 valence electrons. The molecule has 0 aromatic heterocycles. The minimum Gasteiger partial charge on any atom is -0.493 e. The minimum atomic E-state index is -0.0560. The number of benzene rings is 1. The van der Waals surface area contributed by atoms with Crippen LogP contribution in [0.1, 0.15) is 12.5 Å². The van der Waals surface area contributed by atoms with Gasteiger partial charge in [0.25, 0.3) is 0 Å². The zero-order chi connectivity index (χ0) is 13.5. The SMILES string of the molecule is COc1ccc(CC(=O)NCC(C)N)cc1OC. The Morgan fingerprint density at radius 1 is 1.33 bits per heavy atom. The smallest absolute Gasteiger partial charge is 0.224 e. The predicted molar refractivity (Wildman–Crippen MR) is 69.9 cm³/mol. The Balaban J connectivity index is 2.64. The summed E-state index contributed by atoms with van der Waals surface area (Å²) in [6, 6.07) is 5.38. The molecule has 18 heavy (non-hydrogen) atoms. The topological polar surface area (TPSA) is 73.6 Å². The van der Waals surface area contributed by atoms with Gasteiger partial charge in [0, 0.05) is 12.6 Å². The molecule has 0 radical (unpaired) electrons. The van der Waals surface area contributed by atoms with Gasteiger partial charge in [-0.15, -0.1) is 0 Å². The van der Waals surface area contributed by atoms with Gasteiger partial charge in [-0.2, -0.15) is 0 Å². The molecule has 1 aromatic rings. The second-order valence-corrected chi connectivity index (χ2v) is 4.15. The fourth-order valence-corrected chi connectivity index (χ4v) is 1.51. The van der Waals surface area contributed by atoms with Gasteiger partial charge in [0.05, 0.1) is 20.6 Å². The lowest BCUT2D eigenvalue weighted by Crippen LogP contribution is -2.35. The molecule has 0 aliphatic rings. The Morgan fingerprint density at radius 2 is 2.00 bits per heavy atom. The van der Waals surface area contributed by atoms with Crippen LogP contribution in [0, 0.1) is 0 Å². The number of ether oxygens (including phenoxy) is 2. The summed E-state index contributed by atoms with van der Waals surface area (Å²) < 4.78 is 10.3. The Kier molecular flexibility index (Phi) is 5.45. The van der Waals surface area contributed by atoms with Gasteiger partial charge in [-0.25, -0.2) is 0 Å². The summed E-state index contributed by atoms with van der Waals surface area (Å²) in [6.45, 7) is 2.32. The number of hydrogen-bond donors (Lipinski definition) is 2. The zero-order valence-corrected chi connectivity index (χ0v) is 11.0. The van der Waals surface area contributed by atoms with Crippen molar-refractivity contribution in [3.63, 3.8) is 0 Å². The quantitative estimate of drug-likeness (QED) is 0.782. The molecule has 1 amide bonds. The van der Waals surface area contributed by atoms with Crippen molar-refractivity contribution in [3.8, 4) is 11.5 Å². The third-order valence-corrected chi connectivity index (χ3v) is 2.43. The lowest BCUT2D eigenvalue weighted by Gasteiger charge is -2.10. The van der Waals surface area contributed by atoms with Crippen molar-refractivity contribution < 1.29 is 14.3 Å². The summed E-state index contributed by atoms with van der Waals surface area (Å²) in [4.78, 5) is 11.6. The van der Waals surface area contributed by atoms with E-state index in [2.05, 4.69) is 5.32 Å². The molecule has 5 nitrogen and oxygen atoms in total. The summed E-state index contributed by atoms with van der Waals surface area (Å²) in [5, 5.41) is 2.76. The molecule has 1 atom stereocenters. The maximum atomic E-state index is 11.6.